The molecule has 2 rings (SSSR count). The Balaban J connectivity index is 1.81. The first-order valence-corrected chi connectivity index (χ1v) is 11.1. The molecule has 6 nitrogen and oxygen atoms in total. The summed E-state index contributed by atoms with van der Waals surface area (Å²) in [5.41, 5.74) is 0.639. The van der Waals surface area contributed by atoms with E-state index in [-0.39, 0.29) is 6.10 Å². The van der Waals surface area contributed by atoms with Crippen molar-refractivity contribution in [3.63, 3.8) is 0 Å². The number of unbranched alkanes of at least 4 members (excludes halogenated alkanes) is 4. The van der Waals surface area contributed by atoms with Gasteiger partial charge in [0.15, 0.2) is 0 Å². The molecule has 1 atom stereocenters. The molecular weight excluding hydrogens is 368 g/mol. The third kappa shape index (κ3) is 9.50. The van der Waals surface area contributed by atoms with Gasteiger partial charge in [-0.3, -0.25) is 10.2 Å². The molecule has 1 saturated heterocycles. The van der Waals surface area contributed by atoms with Gasteiger partial charge < -0.3 is 14.2 Å². The van der Waals surface area contributed by atoms with Gasteiger partial charge in [0.05, 0.1) is 18.9 Å². The molecule has 1 heterocycles. The number of para-hydroxylation sites is 2. The lowest BCUT2D eigenvalue weighted by atomic mass is 10.1. The van der Waals surface area contributed by atoms with E-state index in [1.165, 1.54) is 44.9 Å². The molecule has 6 heteroatoms. The van der Waals surface area contributed by atoms with Gasteiger partial charge in [-0.15, -0.1) is 0 Å². The second kappa shape index (κ2) is 14.2. The lowest BCUT2D eigenvalue weighted by Crippen LogP contribution is -2.40. The zero-order chi connectivity index (χ0) is 20.7. The fraction of sp³-hybridized carbons (Fsp3) is 0.696. The molecule has 1 aromatic carbocycles. The van der Waals surface area contributed by atoms with Crippen LogP contribution in [0.15, 0.2) is 24.3 Å². The van der Waals surface area contributed by atoms with Crippen LogP contribution in [0.5, 0.6) is 5.75 Å². The van der Waals surface area contributed by atoms with Crippen molar-refractivity contribution in [2.45, 2.75) is 64.4 Å². The monoisotopic (exact) mass is 406 g/mol. The van der Waals surface area contributed by atoms with E-state index in [9.17, 15) is 4.79 Å². The molecule has 1 fully saturated rings. The average molecular weight is 407 g/mol. The zero-order valence-electron chi connectivity index (χ0n) is 18.2. The van der Waals surface area contributed by atoms with E-state index in [1.807, 2.05) is 24.3 Å². The fourth-order valence-corrected chi connectivity index (χ4v) is 3.61. The highest BCUT2D eigenvalue weighted by molar-refractivity contribution is 5.86. The van der Waals surface area contributed by atoms with Crippen molar-refractivity contribution in [1.82, 2.24) is 4.90 Å². The Morgan fingerprint density at radius 2 is 1.86 bits per heavy atom. The lowest BCUT2D eigenvalue weighted by molar-refractivity contribution is 0.0210. The molecule has 0 bridgehead atoms. The number of hydrogen-bond acceptors (Lipinski definition) is 5. The summed E-state index contributed by atoms with van der Waals surface area (Å²) < 4.78 is 16.8. The number of likely N-dealkylation sites (tertiary alicyclic amines) is 1. The van der Waals surface area contributed by atoms with E-state index < -0.39 is 6.09 Å². The maximum absolute atomic E-state index is 12.5. The second-order valence-electron chi connectivity index (χ2n) is 7.73. The van der Waals surface area contributed by atoms with Crippen molar-refractivity contribution in [3.05, 3.63) is 24.3 Å². The number of carbonyl (C=O) groups is 1. The molecule has 1 aliphatic heterocycles. The lowest BCUT2D eigenvalue weighted by Gasteiger charge is -2.30. The summed E-state index contributed by atoms with van der Waals surface area (Å²) in [6.07, 6.45) is 8.86. The second-order valence-corrected chi connectivity index (χ2v) is 7.73. The first-order chi connectivity index (χ1) is 14.2. The smallest absolute Gasteiger partial charge is 0.412 e. The number of amides is 1. The van der Waals surface area contributed by atoms with Crippen LogP contribution in [0, 0.1) is 0 Å². The number of methoxy groups -OCH3 is 1. The van der Waals surface area contributed by atoms with Gasteiger partial charge in [-0.25, -0.2) is 4.79 Å². The van der Waals surface area contributed by atoms with Crippen LogP contribution >= 0.6 is 0 Å². The number of nitrogens with one attached hydrogen (secondary N) is 1. The Morgan fingerprint density at radius 3 is 2.62 bits per heavy atom. The van der Waals surface area contributed by atoms with Crippen molar-refractivity contribution in [2.24, 2.45) is 0 Å². The molecule has 0 spiro atoms. The van der Waals surface area contributed by atoms with E-state index in [4.69, 9.17) is 14.2 Å². The number of anilines is 1. The van der Waals surface area contributed by atoms with Crippen molar-refractivity contribution in [3.8, 4) is 5.75 Å². The Labute approximate surface area is 175 Å². The van der Waals surface area contributed by atoms with Gasteiger partial charge in [0, 0.05) is 13.7 Å². The highest BCUT2D eigenvalue weighted by Crippen LogP contribution is 2.24. The summed E-state index contributed by atoms with van der Waals surface area (Å²) in [4.78, 5) is 14.8. The molecular formula is C23H38N2O4. The molecule has 1 aromatic rings. The van der Waals surface area contributed by atoms with E-state index in [0.29, 0.717) is 31.2 Å². The van der Waals surface area contributed by atoms with Gasteiger partial charge in [0.2, 0.25) is 0 Å². The molecule has 1 unspecified atom stereocenters. The van der Waals surface area contributed by atoms with Gasteiger partial charge in [-0.1, -0.05) is 51.2 Å². The Kier molecular flexibility index (Phi) is 11.5. The number of benzene rings is 1. The van der Waals surface area contributed by atoms with Crippen LogP contribution in [0.1, 0.15) is 58.3 Å². The number of rotatable bonds is 13. The summed E-state index contributed by atoms with van der Waals surface area (Å²) in [6.45, 7) is 6.07. The summed E-state index contributed by atoms with van der Waals surface area (Å²) in [7, 11) is 1.63. The van der Waals surface area contributed by atoms with Crippen molar-refractivity contribution < 1.29 is 19.0 Å². The van der Waals surface area contributed by atoms with E-state index >= 15 is 0 Å². The normalized spacial score (nSPS) is 15.7. The summed E-state index contributed by atoms with van der Waals surface area (Å²) in [5.74, 6) is 0.680. The van der Waals surface area contributed by atoms with Gasteiger partial charge in [0.1, 0.15) is 11.9 Å². The maximum Gasteiger partial charge on any atom is 0.412 e. The SMILES string of the molecule is CCCCCCCOc1ccccc1NC(=O)OC(COC)CN1CCCCC1. The van der Waals surface area contributed by atoms with Crippen molar-refractivity contribution >= 4 is 11.8 Å². The molecule has 0 aromatic heterocycles. The van der Waals surface area contributed by atoms with Crippen LogP contribution in [0.4, 0.5) is 10.5 Å². The standard InChI is InChI=1S/C23H38N2O4/c1-3-4-5-6-12-17-28-22-14-9-8-13-21(22)24-23(26)29-20(19-27-2)18-25-15-10-7-11-16-25/h8-9,13-14,20H,3-7,10-12,15-19H2,1-2H3,(H,24,26). The van der Waals surface area contributed by atoms with E-state index in [0.717, 1.165) is 19.5 Å². The van der Waals surface area contributed by atoms with Crippen LogP contribution in [0.25, 0.3) is 0 Å². The number of hydrogen-bond donors (Lipinski definition) is 1. The molecule has 29 heavy (non-hydrogen) atoms. The minimum atomic E-state index is -0.469. The van der Waals surface area contributed by atoms with E-state index in [1.54, 1.807) is 7.11 Å². The number of nitrogens with zero attached hydrogens (tertiary/aromatic N) is 1. The van der Waals surface area contributed by atoms with Gasteiger partial charge in [-0.05, 0) is 44.5 Å². The van der Waals surface area contributed by atoms with Crippen molar-refractivity contribution in [2.75, 3.05) is 45.3 Å². The van der Waals surface area contributed by atoms with Crippen LogP contribution in [0.2, 0.25) is 0 Å². The predicted molar refractivity (Wildman–Crippen MR) is 117 cm³/mol. The molecule has 0 aliphatic carbocycles. The number of ether oxygens (including phenoxy) is 3. The number of carbonyl (C=O) groups excluding carboxylic acids is 1. The van der Waals surface area contributed by atoms with Gasteiger partial charge in [0.25, 0.3) is 0 Å². The Hall–Kier alpha value is -1.79. The molecule has 0 radical (unpaired) electrons. The van der Waals surface area contributed by atoms with Gasteiger partial charge >= 0.3 is 6.09 Å². The van der Waals surface area contributed by atoms with E-state index in [2.05, 4.69) is 17.1 Å². The largest absolute Gasteiger partial charge is 0.491 e. The molecule has 164 valence electrons. The average Bonchev–Trinajstić information content (AvgIpc) is 2.72. The van der Waals surface area contributed by atoms with Crippen LogP contribution in [0.3, 0.4) is 0 Å². The first-order valence-electron chi connectivity index (χ1n) is 11.1. The molecule has 1 aliphatic rings. The predicted octanol–water partition coefficient (Wildman–Crippen LogP) is 5.09. The molecule has 1 N–H and O–H groups in total. The Morgan fingerprint density at radius 1 is 1.10 bits per heavy atom. The fourth-order valence-electron chi connectivity index (χ4n) is 3.61. The topological polar surface area (TPSA) is 60.0 Å². The molecule has 1 amide bonds. The molecule has 0 saturated carbocycles. The summed E-state index contributed by atoms with van der Waals surface area (Å²) >= 11 is 0. The highest BCUT2D eigenvalue weighted by atomic mass is 16.6. The minimum Gasteiger partial charge on any atom is -0.491 e. The highest BCUT2D eigenvalue weighted by Gasteiger charge is 2.20. The summed E-state index contributed by atoms with van der Waals surface area (Å²) in [6, 6.07) is 7.50. The Bertz CT molecular complexity index is 576. The quantitative estimate of drug-likeness (QED) is 0.463. The third-order valence-corrected chi connectivity index (χ3v) is 5.17. The minimum absolute atomic E-state index is 0.287. The first kappa shape index (κ1) is 23.5. The van der Waals surface area contributed by atoms with Crippen LogP contribution in [-0.2, 0) is 9.47 Å². The maximum atomic E-state index is 12.5. The van der Waals surface area contributed by atoms with Crippen LogP contribution < -0.4 is 10.1 Å². The summed E-state index contributed by atoms with van der Waals surface area (Å²) in [5, 5.41) is 2.84. The van der Waals surface area contributed by atoms with Crippen molar-refractivity contribution in [1.29, 1.82) is 0 Å². The van der Waals surface area contributed by atoms with Crippen LogP contribution in [-0.4, -0.2) is 57.1 Å². The third-order valence-electron chi connectivity index (χ3n) is 5.17. The van der Waals surface area contributed by atoms with Gasteiger partial charge in [-0.2, -0.15) is 0 Å². The number of piperidine rings is 1. The zero-order valence-corrected chi connectivity index (χ0v) is 18.2.